The van der Waals surface area contributed by atoms with Gasteiger partial charge in [0.25, 0.3) is 5.69 Å². The van der Waals surface area contributed by atoms with Gasteiger partial charge in [-0.25, -0.2) is 9.18 Å². The second-order valence-electron chi connectivity index (χ2n) is 4.42. The highest BCUT2D eigenvalue weighted by Gasteiger charge is 2.24. The maximum atomic E-state index is 13.4. The van der Waals surface area contributed by atoms with Crippen LogP contribution in [0.25, 0.3) is 0 Å². The molecule has 0 aliphatic carbocycles. The fraction of sp³-hybridized carbons (Fsp3) is 0.364. The normalized spacial score (nSPS) is 13.6. The molecular formula is C11H13FN2O6. The second kappa shape index (κ2) is 5.80. The van der Waals surface area contributed by atoms with E-state index in [1.165, 1.54) is 6.92 Å². The van der Waals surface area contributed by atoms with Gasteiger partial charge >= 0.3 is 5.97 Å². The van der Waals surface area contributed by atoms with Gasteiger partial charge in [0, 0.05) is 6.54 Å². The summed E-state index contributed by atoms with van der Waals surface area (Å²) in [7, 11) is 0. The number of aliphatic hydroxyl groups is 2. The topological polar surface area (TPSA) is 133 Å². The van der Waals surface area contributed by atoms with Crippen LogP contribution >= 0.6 is 0 Å². The van der Waals surface area contributed by atoms with Gasteiger partial charge in [-0.2, -0.15) is 0 Å². The number of anilines is 1. The molecule has 0 spiro atoms. The molecule has 0 radical (unpaired) electrons. The van der Waals surface area contributed by atoms with Crippen molar-refractivity contribution in [2.75, 3.05) is 18.5 Å². The van der Waals surface area contributed by atoms with Crippen LogP contribution in [0, 0.1) is 15.9 Å². The molecule has 0 aliphatic heterocycles. The van der Waals surface area contributed by atoms with E-state index in [4.69, 9.17) is 10.2 Å². The number of rotatable bonds is 6. The molecule has 0 amide bonds. The first-order valence-corrected chi connectivity index (χ1v) is 5.46. The van der Waals surface area contributed by atoms with E-state index in [-0.39, 0.29) is 12.2 Å². The number of nitro groups is 1. The van der Waals surface area contributed by atoms with Crippen LogP contribution in [-0.4, -0.2) is 45.0 Å². The molecule has 9 heteroatoms. The van der Waals surface area contributed by atoms with Gasteiger partial charge in [0.2, 0.25) is 0 Å². The third-order valence-electron chi connectivity index (χ3n) is 2.51. The Morgan fingerprint density at radius 2 is 2.15 bits per heavy atom. The molecule has 1 aromatic rings. The number of nitro benzene ring substituents is 1. The van der Waals surface area contributed by atoms with Crippen molar-refractivity contribution in [3.8, 4) is 0 Å². The Kier molecular flexibility index (Phi) is 4.58. The van der Waals surface area contributed by atoms with Crippen molar-refractivity contribution in [3.63, 3.8) is 0 Å². The summed E-state index contributed by atoms with van der Waals surface area (Å²) in [6.45, 7) is 0.378. The molecule has 110 valence electrons. The Morgan fingerprint density at radius 1 is 1.55 bits per heavy atom. The summed E-state index contributed by atoms with van der Waals surface area (Å²) in [4.78, 5) is 20.7. The highest BCUT2D eigenvalue weighted by Crippen LogP contribution is 2.28. The van der Waals surface area contributed by atoms with Crippen LogP contribution in [0.1, 0.15) is 17.3 Å². The van der Waals surface area contributed by atoms with Crippen LogP contribution in [0.2, 0.25) is 0 Å². The van der Waals surface area contributed by atoms with Crippen molar-refractivity contribution >= 4 is 17.3 Å². The summed E-state index contributed by atoms with van der Waals surface area (Å²) in [5.74, 6) is -2.81. The minimum atomic E-state index is -1.57. The summed E-state index contributed by atoms with van der Waals surface area (Å²) in [5, 5.41) is 40.4. The van der Waals surface area contributed by atoms with Crippen LogP contribution < -0.4 is 5.32 Å². The Morgan fingerprint density at radius 3 is 2.60 bits per heavy atom. The van der Waals surface area contributed by atoms with E-state index in [1.807, 2.05) is 0 Å². The largest absolute Gasteiger partial charge is 0.478 e. The number of halogens is 1. The molecular weight excluding hydrogens is 275 g/mol. The van der Waals surface area contributed by atoms with E-state index < -0.39 is 40.2 Å². The smallest absolute Gasteiger partial charge is 0.338 e. The van der Waals surface area contributed by atoms with Gasteiger partial charge < -0.3 is 20.6 Å². The molecule has 1 aromatic carbocycles. The fourth-order valence-corrected chi connectivity index (χ4v) is 1.36. The lowest BCUT2D eigenvalue weighted by atomic mass is 10.1. The number of hydrogen-bond acceptors (Lipinski definition) is 6. The predicted molar refractivity (Wildman–Crippen MR) is 66.2 cm³/mol. The summed E-state index contributed by atoms with van der Waals surface area (Å²) in [6, 6.07) is 1.25. The highest BCUT2D eigenvalue weighted by molar-refractivity contribution is 5.90. The van der Waals surface area contributed by atoms with Crippen LogP contribution in [0.3, 0.4) is 0 Å². The van der Waals surface area contributed by atoms with Gasteiger partial charge in [0.05, 0.1) is 23.2 Å². The van der Waals surface area contributed by atoms with Gasteiger partial charge in [-0.1, -0.05) is 0 Å². The summed E-state index contributed by atoms with van der Waals surface area (Å²) < 4.78 is 13.4. The number of carboxylic acid groups (broad SMARTS) is 1. The van der Waals surface area contributed by atoms with E-state index in [9.17, 15) is 24.4 Å². The van der Waals surface area contributed by atoms with E-state index in [1.54, 1.807) is 0 Å². The second-order valence-corrected chi connectivity index (χ2v) is 4.42. The number of carbonyl (C=O) groups is 1. The molecule has 1 atom stereocenters. The monoisotopic (exact) mass is 288 g/mol. The van der Waals surface area contributed by atoms with Crippen molar-refractivity contribution in [3.05, 3.63) is 33.6 Å². The molecule has 0 heterocycles. The number of nitrogens with one attached hydrogen (secondary N) is 1. The van der Waals surface area contributed by atoms with E-state index in [0.717, 1.165) is 6.07 Å². The molecule has 0 aromatic heterocycles. The Hall–Kier alpha value is -2.26. The fourth-order valence-electron chi connectivity index (χ4n) is 1.36. The quantitative estimate of drug-likeness (QED) is 0.444. The minimum Gasteiger partial charge on any atom is -0.478 e. The van der Waals surface area contributed by atoms with Crippen LogP contribution in [0.15, 0.2) is 12.1 Å². The zero-order valence-corrected chi connectivity index (χ0v) is 10.5. The van der Waals surface area contributed by atoms with Gasteiger partial charge in [-0.15, -0.1) is 0 Å². The molecule has 0 saturated heterocycles. The number of benzene rings is 1. The van der Waals surface area contributed by atoms with Gasteiger partial charge in [-0.05, 0) is 13.0 Å². The van der Waals surface area contributed by atoms with Crippen LogP contribution in [0.4, 0.5) is 15.8 Å². The molecule has 0 fully saturated rings. The molecule has 0 aliphatic rings. The van der Waals surface area contributed by atoms with E-state index >= 15 is 0 Å². The molecule has 1 rings (SSSR count). The Bertz CT molecular complexity index is 546. The first kappa shape index (κ1) is 15.8. The van der Waals surface area contributed by atoms with E-state index in [0.29, 0.717) is 6.07 Å². The number of hydrogen-bond donors (Lipinski definition) is 4. The zero-order chi connectivity index (χ0) is 15.5. The number of aliphatic hydroxyl groups excluding tert-OH is 1. The van der Waals surface area contributed by atoms with Crippen LogP contribution in [0.5, 0.6) is 0 Å². The van der Waals surface area contributed by atoms with Crippen LogP contribution in [-0.2, 0) is 0 Å². The van der Waals surface area contributed by atoms with Crippen molar-refractivity contribution in [2.24, 2.45) is 0 Å². The average molecular weight is 288 g/mol. The van der Waals surface area contributed by atoms with Gasteiger partial charge in [0.1, 0.15) is 17.1 Å². The molecule has 4 N–H and O–H groups in total. The summed E-state index contributed by atoms with van der Waals surface area (Å²) >= 11 is 0. The maximum Gasteiger partial charge on any atom is 0.338 e. The lowest BCUT2D eigenvalue weighted by Gasteiger charge is -2.21. The van der Waals surface area contributed by atoms with Crippen molar-refractivity contribution in [1.29, 1.82) is 0 Å². The Labute approximate surface area is 112 Å². The first-order valence-electron chi connectivity index (χ1n) is 5.46. The van der Waals surface area contributed by atoms with Gasteiger partial charge in [0.15, 0.2) is 0 Å². The van der Waals surface area contributed by atoms with Gasteiger partial charge in [-0.3, -0.25) is 10.1 Å². The minimum absolute atomic E-state index is 0.262. The van der Waals surface area contributed by atoms with Crippen molar-refractivity contribution in [2.45, 2.75) is 12.5 Å². The molecule has 20 heavy (non-hydrogen) atoms. The maximum absolute atomic E-state index is 13.4. The van der Waals surface area contributed by atoms with E-state index in [2.05, 4.69) is 5.32 Å². The number of carboxylic acids is 1. The lowest BCUT2D eigenvalue weighted by Crippen LogP contribution is -2.37. The molecule has 0 saturated carbocycles. The third-order valence-corrected chi connectivity index (χ3v) is 2.51. The highest BCUT2D eigenvalue weighted by atomic mass is 19.1. The third kappa shape index (κ3) is 3.62. The zero-order valence-electron chi connectivity index (χ0n) is 10.5. The van der Waals surface area contributed by atoms with Crippen molar-refractivity contribution < 1.29 is 29.4 Å². The molecule has 0 bridgehead atoms. The molecule has 1 unspecified atom stereocenters. The predicted octanol–water partition coefficient (Wildman–Crippen LogP) is 0.587. The first-order chi connectivity index (χ1) is 9.18. The molecule has 8 nitrogen and oxygen atoms in total. The number of aromatic carboxylic acids is 1. The number of nitrogens with zero attached hydrogens (tertiary/aromatic N) is 1. The standard InChI is InChI=1S/C11H13FN2O6/c1-11(18,5-15)4-13-8-2-6(10(16)17)7(12)3-9(8)14(19)20/h2-3,13,15,18H,4-5H2,1H3,(H,16,17). The summed E-state index contributed by atoms with van der Waals surface area (Å²) in [6.07, 6.45) is 0. The average Bonchev–Trinajstić information content (AvgIpc) is 2.36. The Balaban J connectivity index is 3.18. The lowest BCUT2D eigenvalue weighted by molar-refractivity contribution is -0.384. The SMILES string of the molecule is CC(O)(CO)CNc1cc(C(=O)O)c(F)cc1[N+](=O)[O-]. The van der Waals surface area contributed by atoms with Crippen molar-refractivity contribution in [1.82, 2.24) is 0 Å². The summed E-state index contributed by atoms with van der Waals surface area (Å²) in [5.41, 5.74) is -3.23.